The van der Waals surface area contributed by atoms with Crippen LogP contribution in [0.4, 0.5) is 5.69 Å². The Hall–Kier alpha value is -3.13. The zero-order chi connectivity index (χ0) is 20.8. The molecule has 0 atom stereocenters. The largest absolute Gasteiger partial charge is 0.493 e. The molecule has 3 aromatic rings. The summed E-state index contributed by atoms with van der Waals surface area (Å²) in [4.78, 5) is 2.29. The van der Waals surface area contributed by atoms with E-state index in [1.807, 2.05) is 30.3 Å². The Morgan fingerprint density at radius 3 is 2.38 bits per heavy atom. The van der Waals surface area contributed by atoms with Crippen molar-refractivity contribution in [2.45, 2.75) is 13.8 Å². The summed E-state index contributed by atoms with van der Waals surface area (Å²) in [6.45, 7) is 6.25. The fourth-order valence-corrected chi connectivity index (χ4v) is 3.22. The van der Waals surface area contributed by atoms with Gasteiger partial charge in [-0.3, -0.25) is 0 Å². The van der Waals surface area contributed by atoms with Crippen LogP contribution in [0.25, 0.3) is 11.4 Å². The standard InChI is InChI=1S/C21H25N5O2S/c1-5-25(6-2)17-10-7-15(8-11-17)14-22-26-20(23-24-21(26)29)16-9-12-18(27-3)19(13-16)28-4/h7-14H,5-6H2,1-4H3,(H,24,29)/b22-14+. The van der Waals surface area contributed by atoms with Crippen molar-refractivity contribution in [3.63, 3.8) is 0 Å². The van der Waals surface area contributed by atoms with E-state index in [1.165, 1.54) is 5.69 Å². The molecule has 7 nitrogen and oxygen atoms in total. The van der Waals surface area contributed by atoms with Gasteiger partial charge in [0, 0.05) is 24.3 Å². The van der Waals surface area contributed by atoms with Crippen LogP contribution in [0, 0.1) is 4.77 Å². The monoisotopic (exact) mass is 411 g/mol. The van der Waals surface area contributed by atoms with Gasteiger partial charge in [-0.1, -0.05) is 12.1 Å². The average Bonchev–Trinajstić information content (AvgIpc) is 3.13. The van der Waals surface area contributed by atoms with Gasteiger partial charge in [0.25, 0.3) is 0 Å². The van der Waals surface area contributed by atoms with Crippen LogP contribution in [0.15, 0.2) is 47.6 Å². The molecule has 0 unspecified atom stereocenters. The number of nitrogens with zero attached hydrogens (tertiary/aromatic N) is 4. The number of rotatable bonds is 8. The smallest absolute Gasteiger partial charge is 0.216 e. The molecule has 3 rings (SSSR count). The fraction of sp³-hybridized carbons (Fsp3) is 0.286. The first-order valence-electron chi connectivity index (χ1n) is 9.40. The number of H-pyrrole nitrogens is 1. The van der Waals surface area contributed by atoms with Gasteiger partial charge in [0.15, 0.2) is 17.3 Å². The lowest BCUT2D eigenvalue weighted by atomic mass is 10.2. The number of hydrogen-bond acceptors (Lipinski definition) is 6. The van der Waals surface area contributed by atoms with Crippen LogP contribution in [-0.4, -0.2) is 48.4 Å². The van der Waals surface area contributed by atoms with Crippen LogP contribution in [-0.2, 0) is 0 Å². The van der Waals surface area contributed by atoms with Gasteiger partial charge in [-0.2, -0.15) is 14.9 Å². The number of aromatic nitrogens is 3. The van der Waals surface area contributed by atoms with E-state index in [0.717, 1.165) is 24.2 Å². The second kappa shape index (κ2) is 9.38. The lowest BCUT2D eigenvalue weighted by Gasteiger charge is -2.20. The zero-order valence-electron chi connectivity index (χ0n) is 17.0. The van der Waals surface area contributed by atoms with E-state index >= 15 is 0 Å². The minimum atomic E-state index is 0.408. The summed E-state index contributed by atoms with van der Waals surface area (Å²) in [5.41, 5.74) is 2.98. The van der Waals surface area contributed by atoms with Crippen LogP contribution >= 0.6 is 12.2 Å². The van der Waals surface area contributed by atoms with Crippen LogP contribution < -0.4 is 14.4 Å². The molecule has 0 spiro atoms. The lowest BCUT2D eigenvalue weighted by Crippen LogP contribution is -2.21. The van der Waals surface area contributed by atoms with Crippen molar-refractivity contribution < 1.29 is 9.47 Å². The van der Waals surface area contributed by atoms with Crippen LogP contribution in [0.2, 0.25) is 0 Å². The van der Waals surface area contributed by atoms with Gasteiger partial charge >= 0.3 is 0 Å². The molecule has 0 aliphatic carbocycles. The molecule has 29 heavy (non-hydrogen) atoms. The fourth-order valence-electron chi connectivity index (χ4n) is 3.05. The molecule has 0 amide bonds. The summed E-state index contributed by atoms with van der Waals surface area (Å²) in [7, 11) is 3.20. The Balaban J connectivity index is 1.90. The van der Waals surface area contributed by atoms with Crippen molar-refractivity contribution in [2.24, 2.45) is 5.10 Å². The van der Waals surface area contributed by atoms with E-state index in [4.69, 9.17) is 21.7 Å². The van der Waals surface area contributed by atoms with E-state index in [0.29, 0.717) is 22.1 Å². The van der Waals surface area contributed by atoms with Crippen molar-refractivity contribution in [1.82, 2.24) is 14.9 Å². The van der Waals surface area contributed by atoms with Crippen LogP contribution in [0.3, 0.4) is 0 Å². The zero-order valence-corrected chi connectivity index (χ0v) is 17.9. The number of hydrogen-bond donors (Lipinski definition) is 1. The van der Waals surface area contributed by atoms with Crippen molar-refractivity contribution >= 4 is 24.1 Å². The molecule has 0 radical (unpaired) electrons. The quantitative estimate of drug-likeness (QED) is 0.441. The predicted octanol–water partition coefficient (Wildman–Crippen LogP) is 4.35. The molecule has 0 saturated heterocycles. The highest BCUT2D eigenvalue weighted by molar-refractivity contribution is 7.71. The predicted molar refractivity (Wildman–Crippen MR) is 119 cm³/mol. The Bertz CT molecular complexity index is 1040. The molecular weight excluding hydrogens is 386 g/mol. The molecule has 1 heterocycles. The van der Waals surface area contributed by atoms with Gasteiger partial charge in [0.1, 0.15) is 0 Å². The minimum absolute atomic E-state index is 0.408. The summed E-state index contributed by atoms with van der Waals surface area (Å²) in [5.74, 6) is 1.85. The van der Waals surface area contributed by atoms with E-state index in [9.17, 15) is 0 Å². The van der Waals surface area contributed by atoms with Crippen LogP contribution in [0.5, 0.6) is 11.5 Å². The van der Waals surface area contributed by atoms with E-state index in [1.54, 1.807) is 25.1 Å². The third-order valence-corrected chi connectivity index (χ3v) is 4.90. The first-order valence-corrected chi connectivity index (χ1v) is 9.81. The molecule has 1 aromatic heterocycles. The van der Waals surface area contributed by atoms with E-state index < -0.39 is 0 Å². The third-order valence-electron chi connectivity index (χ3n) is 4.64. The van der Waals surface area contributed by atoms with Gasteiger partial charge < -0.3 is 14.4 Å². The molecule has 2 aromatic carbocycles. The van der Waals surface area contributed by atoms with Gasteiger partial charge in [0.05, 0.1) is 20.4 Å². The van der Waals surface area contributed by atoms with Crippen molar-refractivity contribution in [3.8, 4) is 22.9 Å². The van der Waals surface area contributed by atoms with Gasteiger partial charge in [-0.25, -0.2) is 5.10 Å². The number of anilines is 1. The maximum Gasteiger partial charge on any atom is 0.216 e. The SMILES string of the molecule is CCN(CC)c1ccc(/C=N/n2c(-c3ccc(OC)c(OC)c3)n[nH]c2=S)cc1. The number of benzene rings is 2. The summed E-state index contributed by atoms with van der Waals surface area (Å²) in [6, 6.07) is 13.8. The molecule has 1 N–H and O–H groups in total. The van der Waals surface area contributed by atoms with Crippen LogP contribution in [0.1, 0.15) is 19.4 Å². The summed E-state index contributed by atoms with van der Waals surface area (Å²) >= 11 is 5.35. The number of methoxy groups -OCH3 is 2. The molecule has 152 valence electrons. The van der Waals surface area contributed by atoms with Gasteiger partial charge in [-0.05, 0) is 62.0 Å². The average molecular weight is 412 g/mol. The Labute approximate surface area is 175 Å². The second-order valence-corrected chi connectivity index (χ2v) is 6.63. The normalized spacial score (nSPS) is 11.0. The van der Waals surface area contributed by atoms with Gasteiger partial charge in [0.2, 0.25) is 4.77 Å². The summed E-state index contributed by atoms with van der Waals surface area (Å²) in [6.07, 6.45) is 1.77. The molecule has 0 fully saturated rings. The Morgan fingerprint density at radius 2 is 1.76 bits per heavy atom. The lowest BCUT2D eigenvalue weighted by molar-refractivity contribution is 0.355. The first-order chi connectivity index (χ1) is 14.1. The maximum atomic E-state index is 5.38. The highest BCUT2D eigenvalue weighted by Gasteiger charge is 2.12. The first kappa shape index (κ1) is 20.6. The molecular formula is C21H25N5O2S. The molecule has 0 aliphatic rings. The third kappa shape index (κ3) is 4.48. The number of aromatic amines is 1. The van der Waals surface area contributed by atoms with E-state index in [2.05, 4.69) is 46.2 Å². The highest BCUT2D eigenvalue weighted by Crippen LogP contribution is 2.31. The molecule has 0 saturated carbocycles. The van der Waals surface area contributed by atoms with Crippen molar-refractivity contribution in [2.75, 3.05) is 32.2 Å². The maximum absolute atomic E-state index is 5.38. The minimum Gasteiger partial charge on any atom is -0.493 e. The summed E-state index contributed by atoms with van der Waals surface area (Å²) < 4.78 is 12.7. The van der Waals surface area contributed by atoms with Crippen molar-refractivity contribution in [3.05, 3.63) is 52.8 Å². The summed E-state index contributed by atoms with van der Waals surface area (Å²) in [5, 5.41) is 11.7. The number of nitrogens with one attached hydrogen (secondary N) is 1. The molecule has 0 aliphatic heterocycles. The van der Waals surface area contributed by atoms with Crippen molar-refractivity contribution in [1.29, 1.82) is 0 Å². The highest BCUT2D eigenvalue weighted by atomic mass is 32.1. The Kier molecular flexibility index (Phi) is 6.66. The second-order valence-electron chi connectivity index (χ2n) is 6.24. The van der Waals surface area contributed by atoms with E-state index in [-0.39, 0.29) is 0 Å². The van der Waals surface area contributed by atoms with Gasteiger partial charge in [-0.15, -0.1) is 0 Å². The molecule has 0 bridgehead atoms. The topological polar surface area (TPSA) is 67.7 Å². The Morgan fingerprint density at radius 1 is 1.07 bits per heavy atom. The number of ether oxygens (including phenoxy) is 2. The molecule has 8 heteroatoms.